The molecular formula is C14H13FOS. The average Bonchev–Trinajstić information content (AvgIpc) is 2.70. The van der Waals surface area contributed by atoms with Crippen LogP contribution in [0.4, 0.5) is 4.39 Å². The van der Waals surface area contributed by atoms with E-state index in [4.69, 9.17) is 0 Å². The number of Topliss-reactive ketones (excluding diaryl/α,β-unsaturated/α-hetero) is 1. The molecule has 2 rings (SSSR count). The molecule has 0 spiro atoms. The first kappa shape index (κ1) is 12.0. The minimum atomic E-state index is -0.291. The maximum Gasteiger partial charge on any atom is 0.177 e. The second-order valence-electron chi connectivity index (χ2n) is 4.08. The van der Waals surface area contributed by atoms with E-state index in [0.717, 1.165) is 20.9 Å². The number of thiophene rings is 1. The van der Waals surface area contributed by atoms with Gasteiger partial charge in [-0.3, -0.25) is 4.79 Å². The van der Waals surface area contributed by atoms with Gasteiger partial charge in [0, 0.05) is 11.3 Å². The lowest BCUT2D eigenvalue weighted by Gasteiger charge is -2.04. The van der Waals surface area contributed by atoms with Gasteiger partial charge in [-0.25, -0.2) is 4.39 Å². The average molecular weight is 248 g/mol. The topological polar surface area (TPSA) is 17.1 Å². The zero-order valence-electron chi connectivity index (χ0n) is 9.79. The Hall–Kier alpha value is -1.48. The van der Waals surface area contributed by atoms with Crippen molar-refractivity contribution >= 4 is 17.1 Å². The van der Waals surface area contributed by atoms with Gasteiger partial charge in [0.25, 0.3) is 0 Å². The van der Waals surface area contributed by atoms with Crippen LogP contribution in [0.15, 0.2) is 30.3 Å². The van der Waals surface area contributed by atoms with Gasteiger partial charge in [0.1, 0.15) is 5.82 Å². The Kier molecular flexibility index (Phi) is 3.38. The summed E-state index contributed by atoms with van der Waals surface area (Å²) in [6.45, 7) is 3.86. The lowest BCUT2D eigenvalue weighted by Crippen LogP contribution is -2.03. The third kappa shape index (κ3) is 2.80. The van der Waals surface area contributed by atoms with Gasteiger partial charge in [-0.2, -0.15) is 0 Å². The summed E-state index contributed by atoms with van der Waals surface area (Å²) in [4.78, 5) is 13.8. The normalized spacial score (nSPS) is 10.5. The number of hydrogen-bond donors (Lipinski definition) is 0. The minimum Gasteiger partial charge on any atom is -0.293 e. The molecule has 1 aromatic heterocycles. The largest absolute Gasteiger partial charge is 0.293 e. The fourth-order valence-corrected chi connectivity index (χ4v) is 2.48. The van der Waals surface area contributed by atoms with E-state index in [1.165, 1.54) is 23.5 Å². The predicted molar refractivity (Wildman–Crippen MR) is 68.2 cm³/mol. The molecule has 0 atom stereocenters. The highest BCUT2D eigenvalue weighted by Crippen LogP contribution is 2.19. The van der Waals surface area contributed by atoms with Crippen molar-refractivity contribution in [1.82, 2.24) is 0 Å². The summed E-state index contributed by atoms with van der Waals surface area (Å²) in [7, 11) is 0. The van der Waals surface area contributed by atoms with Gasteiger partial charge in [0.15, 0.2) is 5.78 Å². The van der Waals surface area contributed by atoms with Gasteiger partial charge in [-0.1, -0.05) is 6.07 Å². The van der Waals surface area contributed by atoms with Crippen LogP contribution >= 0.6 is 11.3 Å². The summed E-state index contributed by atoms with van der Waals surface area (Å²) < 4.78 is 13.1. The van der Waals surface area contributed by atoms with Crippen LogP contribution in [0, 0.1) is 19.7 Å². The van der Waals surface area contributed by atoms with Crippen LogP contribution in [0.25, 0.3) is 0 Å². The van der Waals surface area contributed by atoms with Gasteiger partial charge < -0.3 is 0 Å². The van der Waals surface area contributed by atoms with Crippen molar-refractivity contribution in [2.24, 2.45) is 0 Å². The lowest BCUT2D eigenvalue weighted by atomic mass is 10.0. The van der Waals surface area contributed by atoms with E-state index in [9.17, 15) is 9.18 Å². The SMILES string of the molecule is Cc1ccc(C(=O)Cc2cc(F)ccc2C)s1. The molecule has 0 aliphatic carbocycles. The summed E-state index contributed by atoms with van der Waals surface area (Å²) in [5.74, 6) is -0.238. The summed E-state index contributed by atoms with van der Waals surface area (Å²) in [5, 5.41) is 0. The molecule has 0 aliphatic rings. The third-order valence-electron chi connectivity index (χ3n) is 2.68. The van der Waals surface area contributed by atoms with E-state index in [1.807, 2.05) is 26.0 Å². The van der Waals surface area contributed by atoms with Crippen LogP contribution in [0.5, 0.6) is 0 Å². The number of ketones is 1. The number of benzene rings is 1. The van der Waals surface area contributed by atoms with E-state index < -0.39 is 0 Å². The highest BCUT2D eigenvalue weighted by Gasteiger charge is 2.11. The molecule has 0 N–H and O–H groups in total. The summed E-state index contributed by atoms with van der Waals surface area (Å²) in [5.41, 5.74) is 1.72. The van der Waals surface area contributed by atoms with Crippen molar-refractivity contribution in [2.75, 3.05) is 0 Å². The molecule has 0 radical (unpaired) electrons. The molecule has 0 saturated carbocycles. The molecule has 2 aromatic rings. The molecule has 1 nitrogen and oxygen atoms in total. The molecule has 0 bridgehead atoms. The van der Waals surface area contributed by atoms with Crippen LogP contribution in [0.2, 0.25) is 0 Å². The van der Waals surface area contributed by atoms with Crippen LogP contribution in [0.3, 0.4) is 0 Å². The maximum absolute atomic E-state index is 13.1. The summed E-state index contributed by atoms with van der Waals surface area (Å²) in [6.07, 6.45) is 0.267. The molecule has 17 heavy (non-hydrogen) atoms. The molecule has 0 unspecified atom stereocenters. The van der Waals surface area contributed by atoms with Gasteiger partial charge in [0.2, 0.25) is 0 Å². The van der Waals surface area contributed by atoms with E-state index in [1.54, 1.807) is 6.07 Å². The Balaban J connectivity index is 2.21. The minimum absolute atomic E-state index is 0.0526. The van der Waals surface area contributed by atoms with Gasteiger partial charge in [-0.05, 0) is 49.2 Å². The molecule has 0 saturated heterocycles. The van der Waals surface area contributed by atoms with E-state index >= 15 is 0 Å². The number of hydrogen-bond acceptors (Lipinski definition) is 2. The first-order valence-corrected chi connectivity index (χ1v) is 6.22. The summed E-state index contributed by atoms with van der Waals surface area (Å²) in [6, 6.07) is 8.32. The first-order chi connectivity index (χ1) is 8.06. The predicted octanol–water partition coefficient (Wildman–Crippen LogP) is 3.93. The van der Waals surface area contributed by atoms with E-state index in [-0.39, 0.29) is 18.0 Å². The Labute approximate surface area is 104 Å². The molecule has 0 aliphatic heterocycles. The van der Waals surface area contributed by atoms with Crippen molar-refractivity contribution in [3.05, 3.63) is 57.0 Å². The molecule has 1 heterocycles. The van der Waals surface area contributed by atoms with Crippen molar-refractivity contribution in [3.63, 3.8) is 0 Å². The fourth-order valence-electron chi connectivity index (χ4n) is 1.67. The van der Waals surface area contributed by atoms with E-state index in [0.29, 0.717) is 0 Å². The van der Waals surface area contributed by atoms with Gasteiger partial charge >= 0.3 is 0 Å². The highest BCUT2D eigenvalue weighted by molar-refractivity contribution is 7.14. The van der Waals surface area contributed by atoms with Crippen molar-refractivity contribution in [2.45, 2.75) is 20.3 Å². The Morgan fingerprint density at radius 2 is 2.00 bits per heavy atom. The van der Waals surface area contributed by atoms with Crippen molar-refractivity contribution < 1.29 is 9.18 Å². The van der Waals surface area contributed by atoms with Crippen molar-refractivity contribution in [1.29, 1.82) is 0 Å². The first-order valence-electron chi connectivity index (χ1n) is 5.41. The monoisotopic (exact) mass is 248 g/mol. The van der Waals surface area contributed by atoms with Crippen LogP contribution in [-0.2, 0) is 6.42 Å². The highest BCUT2D eigenvalue weighted by atomic mass is 32.1. The molecule has 0 amide bonds. The second-order valence-corrected chi connectivity index (χ2v) is 5.37. The van der Waals surface area contributed by atoms with Crippen LogP contribution < -0.4 is 0 Å². The molecule has 1 aromatic carbocycles. The quantitative estimate of drug-likeness (QED) is 0.752. The van der Waals surface area contributed by atoms with Gasteiger partial charge in [0.05, 0.1) is 4.88 Å². The van der Waals surface area contributed by atoms with Crippen LogP contribution in [-0.4, -0.2) is 5.78 Å². The third-order valence-corrected chi connectivity index (χ3v) is 3.72. The number of halogens is 1. The number of rotatable bonds is 3. The Bertz CT molecular complexity index is 557. The maximum atomic E-state index is 13.1. The zero-order valence-corrected chi connectivity index (χ0v) is 10.6. The number of carbonyl (C=O) groups is 1. The smallest absolute Gasteiger partial charge is 0.177 e. The Morgan fingerprint density at radius 3 is 2.65 bits per heavy atom. The molecule has 88 valence electrons. The van der Waals surface area contributed by atoms with Crippen LogP contribution in [0.1, 0.15) is 25.7 Å². The zero-order chi connectivity index (χ0) is 12.4. The number of carbonyl (C=O) groups excluding carboxylic acids is 1. The molecule has 3 heteroatoms. The fraction of sp³-hybridized carbons (Fsp3) is 0.214. The van der Waals surface area contributed by atoms with Gasteiger partial charge in [-0.15, -0.1) is 11.3 Å². The Morgan fingerprint density at radius 1 is 1.24 bits per heavy atom. The molecule has 0 fully saturated rings. The van der Waals surface area contributed by atoms with Crippen molar-refractivity contribution in [3.8, 4) is 0 Å². The standard InChI is InChI=1S/C14H13FOS/c1-9-3-5-12(15)7-11(9)8-13(16)14-6-4-10(2)17-14/h3-7H,8H2,1-2H3. The van der Waals surface area contributed by atoms with E-state index in [2.05, 4.69) is 0 Å². The lowest BCUT2D eigenvalue weighted by molar-refractivity contribution is 0.0996. The number of aryl methyl sites for hydroxylation is 2. The molecular weight excluding hydrogens is 235 g/mol. The second kappa shape index (κ2) is 4.80. The summed E-state index contributed by atoms with van der Waals surface area (Å²) >= 11 is 1.48.